The average molecular weight is 221 g/mol. The van der Waals surface area contributed by atoms with Crippen molar-refractivity contribution in [3.8, 4) is 11.8 Å². The molecular weight excluding hydrogens is 209 g/mol. The van der Waals surface area contributed by atoms with Gasteiger partial charge < -0.3 is 10.5 Å². The van der Waals surface area contributed by atoms with Gasteiger partial charge in [-0.25, -0.2) is 9.37 Å². The summed E-state index contributed by atoms with van der Waals surface area (Å²) in [5, 5.41) is 0. The van der Waals surface area contributed by atoms with Crippen LogP contribution in [-0.4, -0.2) is 9.55 Å². The summed E-state index contributed by atoms with van der Waals surface area (Å²) in [6.45, 7) is 2.53. The van der Waals surface area contributed by atoms with Gasteiger partial charge in [0.15, 0.2) is 11.6 Å². The van der Waals surface area contributed by atoms with E-state index in [1.165, 1.54) is 12.3 Å². The normalized spacial score (nSPS) is 10.4. The number of imidazole rings is 1. The summed E-state index contributed by atoms with van der Waals surface area (Å²) in [4.78, 5) is 3.97. The number of hydrogen-bond donors (Lipinski definition) is 1. The third-order valence-corrected chi connectivity index (χ3v) is 2.20. The first-order chi connectivity index (χ1) is 7.72. The Kier molecular flexibility index (Phi) is 2.76. The minimum atomic E-state index is -0.424. The van der Waals surface area contributed by atoms with E-state index in [1.54, 1.807) is 22.8 Å². The van der Waals surface area contributed by atoms with Gasteiger partial charge in [-0.3, -0.25) is 4.57 Å². The van der Waals surface area contributed by atoms with Crippen LogP contribution in [0.1, 0.15) is 6.92 Å². The molecule has 5 heteroatoms. The van der Waals surface area contributed by atoms with Gasteiger partial charge in [0.25, 0.3) is 0 Å². The van der Waals surface area contributed by atoms with E-state index in [-0.39, 0.29) is 5.75 Å². The maximum atomic E-state index is 13.3. The number of nitrogen functional groups attached to an aromatic ring is 1. The number of ether oxygens (including phenoxy) is 1. The van der Waals surface area contributed by atoms with Gasteiger partial charge in [-0.2, -0.15) is 0 Å². The fourth-order valence-electron chi connectivity index (χ4n) is 1.40. The molecule has 4 nitrogen and oxygen atoms in total. The monoisotopic (exact) mass is 221 g/mol. The lowest BCUT2D eigenvalue weighted by molar-refractivity contribution is 0.392. The zero-order valence-corrected chi connectivity index (χ0v) is 8.85. The first-order valence-electron chi connectivity index (χ1n) is 4.95. The number of halogens is 1. The maximum absolute atomic E-state index is 13.3. The summed E-state index contributed by atoms with van der Waals surface area (Å²) in [5.74, 6) is 0.211. The van der Waals surface area contributed by atoms with Crippen molar-refractivity contribution < 1.29 is 9.13 Å². The van der Waals surface area contributed by atoms with Gasteiger partial charge in [-0.1, -0.05) is 12.1 Å². The number of nitrogens with two attached hydrogens (primary N) is 1. The Labute approximate surface area is 92.5 Å². The van der Waals surface area contributed by atoms with Crippen LogP contribution in [0.3, 0.4) is 0 Å². The lowest BCUT2D eigenvalue weighted by atomic mass is 10.3. The van der Waals surface area contributed by atoms with E-state index >= 15 is 0 Å². The topological polar surface area (TPSA) is 53.1 Å². The smallest absolute Gasteiger partial charge is 0.303 e. The Balaban J connectivity index is 2.31. The summed E-state index contributed by atoms with van der Waals surface area (Å²) in [5.41, 5.74) is 5.67. The van der Waals surface area contributed by atoms with Crippen LogP contribution >= 0.6 is 0 Å². The van der Waals surface area contributed by atoms with E-state index in [1.807, 2.05) is 6.92 Å². The molecule has 0 amide bonds. The largest absolute Gasteiger partial charge is 0.422 e. The second-order valence-electron chi connectivity index (χ2n) is 3.24. The minimum absolute atomic E-state index is 0.141. The highest BCUT2D eigenvalue weighted by Gasteiger charge is 2.10. The molecule has 1 heterocycles. The fraction of sp³-hybridized carbons (Fsp3) is 0.182. The highest BCUT2D eigenvalue weighted by atomic mass is 19.1. The zero-order valence-electron chi connectivity index (χ0n) is 8.85. The number of hydrogen-bond acceptors (Lipinski definition) is 3. The first kappa shape index (κ1) is 10.5. The molecule has 16 heavy (non-hydrogen) atoms. The van der Waals surface area contributed by atoms with Crippen molar-refractivity contribution in [1.29, 1.82) is 0 Å². The van der Waals surface area contributed by atoms with Crippen molar-refractivity contribution in [3.63, 3.8) is 0 Å². The van der Waals surface area contributed by atoms with Crippen molar-refractivity contribution >= 4 is 5.82 Å². The van der Waals surface area contributed by atoms with E-state index in [2.05, 4.69) is 4.98 Å². The summed E-state index contributed by atoms with van der Waals surface area (Å²) in [6, 6.07) is 6.47. The molecule has 0 unspecified atom stereocenters. The van der Waals surface area contributed by atoms with Crippen molar-refractivity contribution in [2.24, 2.45) is 0 Å². The van der Waals surface area contributed by atoms with Crippen LogP contribution in [0.15, 0.2) is 30.5 Å². The van der Waals surface area contributed by atoms with Crippen LogP contribution in [0.4, 0.5) is 10.2 Å². The molecule has 0 saturated carbocycles. The molecule has 0 radical (unpaired) electrons. The molecule has 2 N–H and O–H groups in total. The van der Waals surface area contributed by atoms with E-state index in [0.29, 0.717) is 18.4 Å². The molecule has 0 bridgehead atoms. The molecule has 0 spiro atoms. The summed E-state index contributed by atoms with van der Waals surface area (Å²) < 4.78 is 20.3. The quantitative estimate of drug-likeness (QED) is 0.865. The molecule has 0 aliphatic heterocycles. The maximum Gasteiger partial charge on any atom is 0.303 e. The first-order valence-corrected chi connectivity index (χ1v) is 4.95. The average Bonchev–Trinajstić information content (AvgIpc) is 2.63. The second-order valence-corrected chi connectivity index (χ2v) is 3.24. The second kappa shape index (κ2) is 4.22. The van der Waals surface area contributed by atoms with Crippen LogP contribution in [0.25, 0.3) is 0 Å². The Morgan fingerprint density at radius 2 is 2.19 bits per heavy atom. The third kappa shape index (κ3) is 1.84. The fourth-order valence-corrected chi connectivity index (χ4v) is 1.40. The SMILES string of the molecule is CCn1c(N)cnc1Oc1ccccc1F. The molecule has 2 aromatic rings. The van der Waals surface area contributed by atoms with Gasteiger partial charge in [-0.05, 0) is 19.1 Å². The molecular formula is C11H12FN3O. The van der Waals surface area contributed by atoms with Gasteiger partial charge in [0.05, 0.1) is 6.20 Å². The van der Waals surface area contributed by atoms with Crippen molar-refractivity contribution in [2.45, 2.75) is 13.5 Å². The van der Waals surface area contributed by atoms with Crippen LogP contribution in [0.2, 0.25) is 0 Å². The zero-order chi connectivity index (χ0) is 11.5. The molecule has 0 aliphatic carbocycles. The summed E-state index contributed by atoms with van der Waals surface area (Å²) in [7, 11) is 0. The number of para-hydroxylation sites is 1. The van der Waals surface area contributed by atoms with E-state index in [4.69, 9.17) is 10.5 Å². The highest BCUT2D eigenvalue weighted by Crippen LogP contribution is 2.24. The van der Waals surface area contributed by atoms with Gasteiger partial charge in [0, 0.05) is 6.54 Å². The van der Waals surface area contributed by atoms with Crippen LogP contribution in [-0.2, 0) is 6.54 Å². The van der Waals surface area contributed by atoms with Gasteiger partial charge in [0.1, 0.15) is 5.82 Å². The number of nitrogens with zero attached hydrogens (tertiary/aromatic N) is 2. The van der Waals surface area contributed by atoms with Crippen LogP contribution in [0, 0.1) is 5.82 Å². The van der Waals surface area contributed by atoms with E-state index in [9.17, 15) is 4.39 Å². The number of rotatable bonds is 3. The third-order valence-electron chi connectivity index (χ3n) is 2.20. The van der Waals surface area contributed by atoms with Crippen molar-refractivity contribution in [2.75, 3.05) is 5.73 Å². The van der Waals surface area contributed by atoms with Gasteiger partial charge in [0.2, 0.25) is 0 Å². The number of benzene rings is 1. The lowest BCUT2D eigenvalue weighted by Crippen LogP contribution is -2.02. The molecule has 0 fully saturated rings. The summed E-state index contributed by atoms with van der Waals surface area (Å²) >= 11 is 0. The van der Waals surface area contributed by atoms with Crippen molar-refractivity contribution in [3.05, 3.63) is 36.3 Å². The van der Waals surface area contributed by atoms with Crippen LogP contribution < -0.4 is 10.5 Å². The minimum Gasteiger partial charge on any atom is -0.422 e. The van der Waals surface area contributed by atoms with E-state index in [0.717, 1.165) is 0 Å². The summed E-state index contributed by atoms with van der Waals surface area (Å²) in [6.07, 6.45) is 1.49. The molecule has 0 saturated heterocycles. The molecule has 2 rings (SSSR count). The predicted octanol–water partition coefficient (Wildman–Crippen LogP) is 2.42. The Hall–Kier alpha value is -2.04. The molecule has 0 aliphatic rings. The lowest BCUT2D eigenvalue weighted by Gasteiger charge is -2.08. The Bertz CT molecular complexity index is 496. The predicted molar refractivity (Wildman–Crippen MR) is 58.8 cm³/mol. The van der Waals surface area contributed by atoms with Crippen LogP contribution in [0.5, 0.6) is 11.8 Å². The number of aromatic nitrogens is 2. The highest BCUT2D eigenvalue weighted by molar-refractivity contribution is 5.33. The number of anilines is 1. The van der Waals surface area contributed by atoms with Gasteiger partial charge in [-0.15, -0.1) is 0 Å². The van der Waals surface area contributed by atoms with E-state index < -0.39 is 5.82 Å². The Morgan fingerprint density at radius 3 is 2.88 bits per heavy atom. The Morgan fingerprint density at radius 1 is 1.44 bits per heavy atom. The molecule has 1 aromatic heterocycles. The molecule has 1 aromatic carbocycles. The molecule has 0 atom stereocenters. The molecule has 84 valence electrons. The standard InChI is InChI=1S/C11H12FN3O/c1-2-15-10(13)7-14-11(15)16-9-6-4-3-5-8(9)12/h3-7H,2,13H2,1H3. The van der Waals surface area contributed by atoms with Crippen molar-refractivity contribution in [1.82, 2.24) is 9.55 Å². The van der Waals surface area contributed by atoms with Gasteiger partial charge >= 0.3 is 6.01 Å².